The van der Waals surface area contributed by atoms with Gasteiger partial charge in [0.05, 0.1) is 0 Å². The Kier molecular flexibility index (Phi) is 5.68. The van der Waals surface area contributed by atoms with Crippen LogP contribution in [0, 0.1) is 5.92 Å². The Bertz CT molecular complexity index is 605. The van der Waals surface area contributed by atoms with Crippen LogP contribution in [-0.4, -0.2) is 46.3 Å². The number of urea groups is 1. The zero-order valence-corrected chi connectivity index (χ0v) is 16.1. The van der Waals surface area contributed by atoms with E-state index in [1.807, 2.05) is 6.92 Å². The van der Waals surface area contributed by atoms with E-state index in [-0.39, 0.29) is 18.4 Å². The van der Waals surface area contributed by atoms with Gasteiger partial charge in [-0.3, -0.25) is 14.5 Å². The lowest BCUT2D eigenvalue weighted by atomic mass is 9.77. The largest absolute Gasteiger partial charge is 0.325 e. The summed E-state index contributed by atoms with van der Waals surface area (Å²) in [6.45, 7) is 4.70. The molecule has 2 fully saturated rings. The van der Waals surface area contributed by atoms with Crippen LogP contribution in [0.5, 0.6) is 0 Å². The number of imide groups is 1. The molecule has 0 unspecified atom stereocenters. The fourth-order valence-electron chi connectivity index (χ4n) is 4.35. The van der Waals surface area contributed by atoms with Crippen LogP contribution in [0.15, 0.2) is 11.8 Å². The SMILES string of the molecule is CCCN(C(=O)CN1C(=O)NC2(CCC(C)CC2)C1=O)C1=CCCCC1. The highest BCUT2D eigenvalue weighted by Gasteiger charge is 2.52. The van der Waals surface area contributed by atoms with Crippen LogP contribution >= 0.6 is 0 Å². The summed E-state index contributed by atoms with van der Waals surface area (Å²) < 4.78 is 0. The summed E-state index contributed by atoms with van der Waals surface area (Å²) >= 11 is 0. The average molecular weight is 361 g/mol. The van der Waals surface area contributed by atoms with Crippen molar-refractivity contribution in [1.82, 2.24) is 15.1 Å². The zero-order chi connectivity index (χ0) is 18.7. The Morgan fingerprint density at radius 3 is 2.65 bits per heavy atom. The van der Waals surface area contributed by atoms with Crippen LogP contribution < -0.4 is 5.32 Å². The summed E-state index contributed by atoms with van der Waals surface area (Å²) in [4.78, 5) is 41.2. The summed E-state index contributed by atoms with van der Waals surface area (Å²) in [6, 6.07) is -0.410. The average Bonchev–Trinajstić information content (AvgIpc) is 2.87. The summed E-state index contributed by atoms with van der Waals surface area (Å²) in [6.07, 6.45) is 10.3. The molecule has 1 spiro atoms. The maximum Gasteiger partial charge on any atom is 0.325 e. The fraction of sp³-hybridized carbons (Fsp3) is 0.750. The van der Waals surface area contributed by atoms with Crippen molar-refractivity contribution in [1.29, 1.82) is 0 Å². The Morgan fingerprint density at radius 2 is 2.04 bits per heavy atom. The molecular weight excluding hydrogens is 330 g/mol. The number of carbonyl (C=O) groups is 3. The van der Waals surface area contributed by atoms with Crippen molar-refractivity contribution in [3.05, 3.63) is 11.8 Å². The number of hydrogen-bond acceptors (Lipinski definition) is 3. The van der Waals surface area contributed by atoms with Gasteiger partial charge in [0.1, 0.15) is 12.1 Å². The molecule has 0 radical (unpaired) electrons. The predicted molar refractivity (Wildman–Crippen MR) is 99.2 cm³/mol. The minimum absolute atomic E-state index is 0.148. The summed E-state index contributed by atoms with van der Waals surface area (Å²) in [5, 5.41) is 2.90. The molecule has 6 nitrogen and oxygen atoms in total. The van der Waals surface area contributed by atoms with Crippen LogP contribution in [0.2, 0.25) is 0 Å². The zero-order valence-electron chi connectivity index (χ0n) is 16.1. The highest BCUT2D eigenvalue weighted by Crippen LogP contribution is 2.36. The number of allylic oxidation sites excluding steroid dienone is 2. The minimum atomic E-state index is -0.774. The Balaban J connectivity index is 1.70. The highest BCUT2D eigenvalue weighted by molar-refractivity contribution is 6.09. The van der Waals surface area contributed by atoms with Gasteiger partial charge in [0, 0.05) is 12.2 Å². The molecule has 1 saturated carbocycles. The summed E-state index contributed by atoms with van der Waals surface area (Å²) in [5.41, 5.74) is 0.278. The van der Waals surface area contributed by atoms with Crippen molar-refractivity contribution in [3.8, 4) is 0 Å². The molecule has 26 heavy (non-hydrogen) atoms. The van der Waals surface area contributed by atoms with Crippen molar-refractivity contribution < 1.29 is 14.4 Å². The number of nitrogens with zero attached hydrogens (tertiary/aromatic N) is 2. The molecule has 2 aliphatic carbocycles. The van der Waals surface area contributed by atoms with E-state index in [1.165, 1.54) is 0 Å². The van der Waals surface area contributed by atoms with E-state index in [9.17, 15) is 14.4 Å². The van der Waals surface area contributed by atoms with Gasteiger partial charge < -0.3 is 10.2 Å². The second-order valence-corrected chi connectivity index (χ2v) is 8.07. The monoisotopic (exact) mass is 361 g/mol. The molecule has 0 aromatic heterocycles. The minimum Gasteiger partial charge on any atom is -0.323 e. The molecule has 0 aromatic rings. The number of hydrogen-bond donors (Lipinski definition) is 1. The first kappa shape index (κ1) is 18.9. The highest BCUT2D eigenvalue weighted by atomic mass is 16.2. The quantitative estimate of drug-likeness (QED) is 0.765. The van der Waals surface area contributed by atoms with Gasteiger partial charge in [0.25, 0.3) is 5.91 Å². The first-order valence-electron chi connectivity index (χ1n) is 10.1. The first-order valence-corrected chi connectivity index (χ1v) is 10.1. The van der Waals surface area contributed by atoms with Crippen LogP contribution in [0.1, 0.15) is 71.6 Å². The smallest absolute Gasteiger partial charge is 0.323 e. The molecule has 144 valence electrons. The van der Waals surface area contributed by atoms with Crippen molar-refractivity contribution >= 4 is 17.8 Å². The lowest BCUT2D eigenvalue weighted by molar-refractivity contribution is -0.139. The molecule has 3 rings (SSSR count). The van der Waals surface area contributed by atoms with Gasteiger partial charge in [-0.15, -0.1) is 0 Å². The van der Waals surface area contributed by atoms with E-state index in [4.69, 9.17) is 0 Å². The van der Waals surface area contributed by atoms with Gasteiger partial charge in [-0.2, -0.15) is 0 Å². The first-order chi connectivity index (χ1) is 12.5. The normalized spacial score (nSPS) is 28.9. The lowest BCUT2D eigenvalue weighted by Crippen LogP contribution is -2.50. The van der Waals surface area contributed by atoms with Gasteiger partial charge in [-0.05, 0) is 63.7 Å². The molecule has 1 N–H and O–H groups in total. The molecule has 0 aromatic carbocycles. The number of rotatable bonds is 5. The second kappa shape index (κ2) is 7.80. The van der Waals surface area contributed by atoms with Gasteiger partial charge in [-0.25, -0.2) is 4.79 Å². The fourth-order valence-corrected chi connectivity index (χ4v) is 4.35. The summed E-state index contributed by atoms with van der Waals surface area (Å²) in [7, 11) is 0. The van der Waals surface area contributed by atoms with Gasteiger partial charge in [-0.1, -0.05) is 19.9 Å². The molecule has 4 amide bonds. The molecule has 1 heterocycles. The van der Waals surface area contributed by atoms with E-state index in [0.29, 0.717) is 25.3 Å². The Morgan fingerprint density at radius 1 is 1.31 bits per heavy atom. The van der Waals surface area contributed by atoms with Crippen molar-refractivity contribution in [2.75, 3.05) is 13.1 Å². The van der Waals surface area contributed by atoms with Crippen LogP contribution in [0.25, 0.3) is 0 Å². The maximum absolute atomic E-state index is 12.9. The maximum atomic E-state index is 12.9. The summed E-state index contributed by atoms with van der Waals surface area (Å²) in [5.74, 6) is 0.223. The number of carbonyl (C=O) groups excluding carboxylic acids is 3. The number of amides is 4. The molecule has 1 aliphatic heterocycles. The van der Waals surface area contributed by atoms with E-state index in [0.717, 1.165) is 55.5 Å². The molecule has 1 saturated heterocycles. The van der Waals surface area contributed by atoms with E-state index in [2.05, 4.69) is 18.3 Å². The molecule has 6 heteroatoms. The third kappa shape index (κ3) is 3.64. The lowest BCUT2D eigenvalue weighted by Gasteiger charge is -2.33. The molecular formula is C20H31N3O3. The second-order valence-electron chi connectivity index (χ2n) is 8.07. The van der Waals surface area contributed by atoms with Crippen molar-refractivity contribution in [2.24, 2.45) is 5.92 Å². The van der Waals surface area contributed by atoms with Crippen molar-refractivity contribution in [3.63, 3.8) is 0 Å². The van der Waals surface area contributed by atoms with Crippen LogP contribution in [0.3, 0.4) is 0 Å². The standard InChI is InChI=1S/C20H31N3O3/c1-3-13-22(16-7-5-4-6-8-16)17(24)14-23-18(25)20(21-19(23)26)11-9-15(2)10-12-20/h7,15H,3-6,8-14H2,1-2H3,(H,21,26). The third-order valence-corrected chi connectivity index (χ3v) is 6.03. The Labute approximate surface area is 156 Å². The molecule has 0 atom stereocenters. The van der Waals surface area contributed by atoms with Crippen molar-refractivity contribution in [2.45, 2.75) is 77.2 Å². The number of nitrogens with one attached hydrogen (secondary N) is 1. The van der Waals surface area contributed by atoms with Gasteiger partial charge in [0.2, 0.25) is 5.91 Å². The molecule has 3 aliphatic rings. The van der Waals surface area contributed by atoms with Crippen LogP contribution in [0.4, 0.5) is 4.79 Å². The molecule has 0 bridgehead atoms. The van der Waals surface area contributed by atoms with Crippen LogP contribution in [-0.2, 0) is 9.59 Å². The van der Waals surface area contributed by atoms with Gasteiger partial charge in [0.15, 0.2) is 0 Å². The Hall–Kier alpha value is -1.85. The van der Waals surface area contributed by atoms with E-state index >= 15 is 0 Å². The van der Waals surface area contributed by atoms with E-state index in [1.54, 1.807) is 4.90 Å². The van der Waals surface area contributed by atoms with E-state index < -0.39 is 11.6 Å². The predicted octanol–water partition coefficient (Wildman–Crippen LogP) is 3.18. The topological polar surface area (TPSA) is 69.7 Å². The van der Waals surface area contributed by atoms with Gasteiger partial charge >= 0.3 is 6.03 Å². The third-order valence-electron chi connectivity index (χ3n) is 6.03.